The highest BCUT2D eigenvalue weighted by Crippen LogP contribution is 2.35. The van der Waals surface area contributed by atoms with Crippen LogP contribution in [0.25, 0.3) is 0 Å². The number of hydrogen-bond acceptors (Lipinski definition) is 4. The van der Waals surface area contributed by atoms with Gasteiger partial charge in [-0.1, -0.05) is 6.07 Å². The summed E-state index contributed by atoms with van der Waals surface area (Å²) < 4.78 is 0. The van der Waals surface area contributed by atoms with Crippen LogP contribution in [0.2, 0.25) is 0 Å². The first-order valence-corrected chi connectivity index (χ1v) is 6.65. The first-order valence-electron chi connectivity index (χ1n) is 5.67. The van der Waals surface area contributed by atoms with E-state index in [1.165, 1.54) is 10.5 Å². The van der Waals surface area contributed by atoms with Crippen molar-refractivity contribution >= 4 is 23.4 Å². The molecule has 1 aromatic rings. The van der Waals surface area contributed by atoms with Crippen LogP contribution >= 0.6 is 11.8 Å². The van der Waals surface area contributed by atoms with Gasteiger partial charge in [0.2, 0.25) is 5.91 Å². The fraction of sp³-hybridized carbons (Fsp3) is 0.417. The molecule has 2 rings (SSSR count). The Morgan fingerprint density at radius 1 is 1.53 bits per heavy atom. The molecule has 1 amide bonds. The van der Waals surface area contributed by atoms with Gasteiger partial charge in [-0.05, 0) is 37.7 Å². The lowest BCUT2D eigenvalue weighted by atomic mass is 10.1. The Bertz CT molecular complexity index is 422. The van der Waals surface area contributed by atoms with Gasteiger partial charge in [-0.3, -0.25) is 9.69 Å². The summed E-state index contributed by atoms with van der Waals surface area (Å²) in [6.07, 6.45) is 0.847. The zero-order chi connectivity index (χ0) is 12.3. The number of anilines is 1. The van der Waals surface area contributed by atoms with E-state index in [0.29, 0.717) is 19.0 Å². The van der Waals surface area contributed by atoms with Crippen LogP contribution < -0.4 is 16.0 Å². The number of benzene rings is 1. The van der Waals surface area contributed by atoms with Crippen molar-refractivity contribution < 1.29 is 4.79 Å². The molecule has 1 heterocycles. The van der Waals surface area contributed by atoms with Gasteiger partial charge in [0, 0.05) is 4.90 Å². The van der Waals surface area contributed by atoms with Gasteiger partial charge in [0.15, 0.2) is 0 Å². The summed E-state index contributed by atoms with van der Waals surface area (Å²) in [6, 6.07) is 6.25. The number of thioether (sulfide) groups is 1. The molecule has 0 bridgehead atoms. The molecule has 0 spiro atoms. The van der Waals surface area contributed by atoms with Crippen molar-refractivity contribution in [3.63, 3.8) is 0 Å². The molecule has 4 nitrogen and oxygen atoms in total. The Balaban J connectivity index is 2.34. The van der Waals surface area contributed by atoms with Crippen LogP contribution in [-0.4, -0.2) is 31.9 Å². The third-order valence-corrected chi connectivity index (χ3v) is 3.76. The van der Waals surface area contributed by atoms with E-state index in [-0.39, 0.29) is 5.91 Å². The van der Waals surface area contributed by atoms with Gasteiger partial charge < -0.3 is 11.1 Å². The summed E-state index contributed by atoms with van der Waals surface area (Å²) in [5, 5.41) is 3.03. The standard InChI is InChI=1S/C12H17N3OS/c1-14-8-15-10-6-9(4-5-13)2-3-11(10)17-7-12(15)16/h2-3,6,14H,4-5,7-8,13H2,1H3. The second-order valence-electron chi connectivity index (χ2n) is 3.96. The molecule has 92 valence electrons. The minimum atomic E-state index is 0.154. The zero-order valence-corrected chi connectivity index (χ0v) is 10.7. The van der Waals surface area contributed by atoms with Crippen LogP contribution in [0.5, 0.6) is 0 Å². The average molecular weight is 251 g/mol. The maximum atomic E-state index is 11.9. The summed E-state index contributed by atoms with van der Waals surface area (Å²) in [7, 11) is 1.85. The number of carbonyl (C=O) groups is 1. The molecule has 0 saturated heterocycles. The van der Waals surface area contributed by atoms with Crippen molar-refractivity contribution in [3.05, 3.63) is 23.8 Å². The number of nitrogens with two attached hydrogens (primary N) is 1. The Morgan fingerprint density at radius 2 is 2.35 bits per heavy atom. The van der Waals surface area contributed by atoms with Crippen LogP contribution in [0.3, 0.4) is 0 Å². The zero-order valence-electron chi connectivity index (χ0n) is 9.90. The van der Waals surface area contributed by atoms with Crippen molar-refractivity contribution in [3.8, 4) is 0 Å². The van der Waals surface area contributed by atoms with E-state index in [1.54, 1.807) is 16.7 Å². The van der Waals surface area contributed by atoms with E-state index in [0.717, 1.165) is 12.1 Å². The first kappa shape index (κ1) is 12.4. The first-order chi connectivity index (χ1) is 8.26. The third-order valence-electron chi connectivity index (χ3n) is 2.72. The predicted octanol–water partition coefficient (Wildman–Crippen LogP) is 0.803. The van der Waals surface area contributed by atoms with Gasteiger partial charge in [0.1, 0.15) is 0 Å². The van der Waals surface area contributed by atoms with Crippen LogP contribution in [0.15, 0.2) is 23.1 Å². The molecule has 1 aromatic carbocycles. The van der Waals surface area contributed by atoms with E-state index in [9.17, 15) is 4.79 Å². The minimum absolute atomic E-state index is 0.154. The molecule has 0 aromatic heterocycles. The van der Waals surface area contributed by atoms with Crippen LogP contribution in [0, 0.1) is 0 Å². The van der Waals surface area contributed by atoms with Crippen LogP contribution in [-0.2, 0) is 11.2 Å². The summed E-state index contributed by atoms with van der Waals surface area (Å²) in [6.45, 7) is 1.18. The molecule has 0 fully saturated rings. The van der Waals surface area contributed by atoms with E-state index >= 15 is 0 Å². The average Bonchev–Trinajstić information content (AvgIpc) is 2.33. The molecule has 0 saturated carbocycles. The largest absolute Gasteiger partial charge is 0.330 e. The number of hydrogen-bond donors (Lipinski definition) is 2. The van der Waals surface area contributed by atoms with Gasteiger partial charge in [-0.2, -0.15) is 0 Å². The Labute approximate surface area is 106 Å². The van der Waals surface area contributed by atoms with E-state index in [2.05, 4.69) is 23.5 Å². The molecular formula is C12H17N3OS. The minimum Gasteiger partial charge on any atom is -0.330 e. The van der Waals surface area contributed by atoms with Gasteiger partial charge in [0.05, 0.1) is 18.1 Å². The highest BCUT2D eigenvalue weighted by atomic mass is 32.2. The normalized spacial score (nSPS) is 14.9. The highest BCUT2D eigenvalue weighted by molar-refractivity contribution is 8.00. The summed E-state index contributed by atoms with van der Waals surface area (Å²) in [4.78, 5) is 14.8. The molecule has 17 heavy (non-hydrogen) atoms. The molecule has 1 aliphatic heterocycles. The number of fused-ring (bicyclic) bond motifs is 1. The monoisotopic (exact) mass is 251 g/mol. The topological polar surface area (TPSA) is 58.4 Å². The van der Waals surface area contributed by atoms with Crippen molar-refractivity contribution in [2.75, 3.05) is 30.9 Å². The molecule has 0 aliphatic carbocycles. The molecule has 3 N–H and O–H groups in total. The predicted molar refractivity (Wildman–Crippen MR) is 71.3 cm³/mol. The number of nitrogens with zero attached hydrogens (tertiary/aromatic N) is 1. The van der Waals surface area contributed by atoms with E-state index in [1.807, 2.05) is 7.05 Å². The lowest BCUT2D eigenvalue weighted by Crippen LogP contribution is -2.41. The van der Waals surface area contributed by atoms with Crippen LogP contribution in [0.1, 0.15) is 5.56 Å². The smallest absolute Gasteiger partial charge is 0.238 e. The highest BCUT2D eigenvalue weighted by Gasteiger charge is 2.24. The van der Waals surface area contributed by atoms with Crippen molar-refractivity contribution in [1.82, 2.24) is 5.32 Å². The Kier molecular flexibility index (Phi) is 4.04. The number of rotatable bonds is 4. The molecule has 0 radical (unpaired) electrons. The van der Waals surface area contributed by atoms with Crippen molar-refractivity contribution in [2.24, 2.45) is 5.73 Å². The number of amides is 1. The number of nitrogens with one attached hydrogen (secondary N) is 1. The van der Waals surface area contributed by atoms with E-state index < -0.39 is 0 Å². The maximum Gasteiger partial charge on any atom is 0.238 e. The second-order valence-corrected chi connectivity index (χ2v) is 4.98. The fourth-order valence-electron chi connectivity index (χ4n) is 1.90. The number of carbonyl (C=O) groups excluding carboxylic acids is 1. The fourth-order valence-corrected chi connectivity index (χ4v) is 2.82. The van der Waals surface area contributed by atoms with E-state index in [4.69, 9.17) is 5.73 Å². The molecular weight excluding hydrogens is 234 g/mol. The van der Waals surface area contributed by atoms with Crippen molar-refractivity contribution in [1.29, 1.82) is 0 Å². The van der Waals surface area contributed by atoms with Gasteiger partial charge in [0.25, 0.3) is 0 Å². The summed E-state index contributed by atoms with van der Waals surface area (Å²) in [5.74, 6) is 0.673. The molecule has 1 aliphatic rings. The Hall–Kier alpha value is -1.04. The van der Waals surface area contributed by atoms with Gasteiger partial charge in [-0.15, -0.1) is 11.8 Å². The van der Waals surface area contributed by atoms with Crippen molar-refractivity contribution in [2.45, 2.75) is 11.3 Å². The Morgan fingerprint density at radius 3 is 3.06 bits per heavy atom. The summed E-state index contributed by atoms with van der Waals surface area (Å²) in [5.41, 5.74) is 7.75. The molecule has 0 unspecified atom stereocenters. The third kappa shape index (κ3) is 2.62. The van der Waals surface area contributed by atoms with Gasteiger partial charge >= 0.3 is 0 Å². The van der Waals surface area contributed by atoms with Gasteiger partial charge in [-0.25, -0.2) is 0 Å². The maximum absolute atomic E-state index is 11.9. The summed E-state index contributed by atoms with van der Waals surface area (Å²) >= 11 is 1.60. The lowest BCUT2D eigenvalue weighted by molar-refractivity contribution is -0.116. The molecule has 5 heteroatoms. The van der Waals surface area contributed by atoms with Crippen LogP contribution in [0.4, 0.5) is 5.69 Å². The quantitative estimate of drug-likeness (QED) is 0.831. The molecule has 0 atom stereocenters. The lowest BCUT2D eigenvalue weighted by Gasteiger charge is -2.29. The SMILES string of the molecule is CNCN1C(=O)CSc2ccc(CCN)cc21. The second kappa shape index (κ2) is 5.53.